The van der Waals surface area contributed by atoms with Crippen molar-refractivity contribution < 1.29 is 9.32 Å². The van der Waals surface area contributed by atoms with Crippen molar-refractivity contribution in [3.05, 3.63) is 30.2 Å². The minimum absolute atomic E-state index is 0.0653. The van der Waals surface area contributed by atoms with E-state index >= 15 is 0 Å². The summed E-state index contributed by atoms with van der Waals surface area (Å²) in [5.41, 5.74) is 0.970. The lowest BCUT2D eigenvalue weighted by Gasteiger charge is -2.37. The molecule has 0 aliphatic carbocycles. The van der Waals surface area contributed by atoms with Gasteiger partial charge in [0.05, 0.1) is 11.7 Å². The number of hydrogen-bond acceptors (Lipinski definition) is 5. The first-order chi connectivity index (χ1) is 10.1. The fourth-order valence-electron chi connectivity index (χ4n) is 2.52. The first-order valence-electron chi connectivity index (χ1n) is 7.37. The van der Waals surface area contributed by atoms with Crippen molar-refractivity contribution in [1.29, 1.82) is 0 Å². The molecule has 0 saturated carbocycles. The molecule has 1 atom stereocenters. The van der Waals surface area contributed by atoms with Crippen molar-refractivity contribution in [3.63, 3.8) is 0 Å². The SMILES string of the molecule is C=CCNC(=O)C(C)N1CCN(Cc2cc(C)on2)CC1. The summed E-state index contributed by atoms with van der Waals surface area (Å²) in [4.78, 5) is 16.5. The molecular formula is C15H24N4O2. The number of aromatic nitrogens is 1. The zero-order valence-corrected chi connectivity index (χ0v) is 12.8. The smallest absolute Gasteiger partial charge is 0.237 e. The van der Waals surface area contributed by atoms with E-state index in [9.17, 15) is 4.79 Å². The maximum atomic E-state index is 11.9. The molecule has 1 aliphatic rings. The van der Waals surface area contributed by atoms with Crippen molar-refractivity contribution >= 4 is 5.91 Å². The molecule has 1 N–H and O–H groups in total. The maximum Gasteiger partial charge on any atom is 0.237 e. The molecule has 1 fully saturated rings. The van der Waals surface area contributed by atoms with Crippen molar-refractivity contribution in [1.82, 2.24) is 20.3 Å². The van der Waals surface area contributed by atoms with Gasteiger partial charge in [-0.25, -0.2) is 0 Å². The summed E-state index contributed by atoms with van der Waals surface area (Å²) < 4.78 is 5.09. The number of nitrogens with one attached hydrogen (secondary N) is 1. The summed E-state index contributed by atoms with van der Waals surface area (Å²) in [6.07, 6.45) is 1.70. The highest BCUT2D eigenvalue weighted by molar-refractivity contribution is 5.81. The van der Waals surface area contributed by atoms with Crippen LogP contribution in [0, 0.1) is 6.92 Å². The molecule has 1 aromatic heterocycles. The topological polar surface area (TPSA) is 61.6 Å². The standard InChI is InChI=1S/C15H24N4O2/c1-4-5-16-15(20)13(3)19-8-6-18(7-9-19)11-14-10-12(2)21-17-14/h4,10,13H,1,5-9,11H2,2-3H3,(H,16,20). The highest BCUT2D eigenvalue weighted by atomic mass is 16.5. The Balaban J connectivity index is 1.77. The maximum absolute atomic E-state index is 11.9. The van der Waals surface area contributed by atoms with Gasteiger partial charge < -0.3 is 9.84 Å². The van der Waals surface area contributed by atoms with Crippen molar-refractivity contribution in [2.24, 2.45) is 0 Å². The van der Waals surface area contributed by atoms with E-state index in [-0.39, 0.29) is 11.9 Å². The predicted octanol–water partition coefficient (Wildman–Crippen LogP) is 0.791. The van der Waals surface area contributed by atoms with Crippen molar-refractivity contribution in [3.8, 4) is 0 Å². The highest BCUT2D eigenvalue weighted by Gasteiger charge is 2.25. The Hall–Kier alpha value is -1.66. The van der Waals surface area contributed by atoms with E-state index < -0.39 is 0 Å². The lowest BCUT2D eigenvalue weighted by molar-refractivity contribution is -0.126. The summed E-state index contributed by atoms with van der Waals surface area (Å²) in [6, 6.07) is 1.87. The molecule has 0 radical (unpaired) electrons. The van der Waals surface area contributed by atoms with Gasteiger partial charge in [-0.15, -0.1) is 6.58 Å². The van der Waals surface area contributed by atoms with Gasteiger partial charge in [0.15, 0.2) is 0 Å². The van der Waals surface area contributed by atoms with Crippen LogP contribution in [-0.2, 0) is 11.3 Å². The van der Waals surface area contributed by atoms with Crippen LogP contribution in [0.15, 0.2) is 23.2 Å². The third kappa shape index (κ3) is 4.41. The molecule has 6 heteroatoms. The molecule has 0 aromatic carbocycles. The van der Waals surface area contributed by atoms with Crippen LogP contribution in [0.4, 0.5) is 0 Å². The fourth-order valence-corrected chi connectivity index (χ4v) is 2.52. The first-order valence-corrected chi connectivity index (χ1v) is 7.37. The Bertz CT molecular complexity index is 478. The molecule has 0 spiro atoms. The molecule has 2 rings (SSSR count). The third-order valence-corrected chi connectivity index (χ3v) is 3.82. The second-order valence-corrected chi connectivity index (χ2v) is 5.45. The van der Waals surface area contributed by atoms with Crippen LogP contribution >= 0.6 is 0 Å². The zero-order valence-electron chi connectivity index (χ0n) is 12.8. The molecule has 0 bridgehead atoms. The van der Waals surface area contributed by atoms with Crippen molar-refractivity contribution in [2.45, 2.75) is 26.4 Å². The van der Waals surface area contributed by atoms with Crippen LogP contribution < -0.4 is 5.32 Å². The van der Waals surface area contributed by atoms with Crippen LogP contribution in [0.2, 0.25) is 0 Å². The van der Waals surface area contributed by atoms with Gasteiger partial charge in [0.25, 0.3) is 0 Å². The number of carbonyl (C=O) groups excluding carboxylic acids is 1. The van der Waals surface area contributed by atoms with Gasteiger partial charge in [-0.3, -0.25) is 14.6 Å². The summed E-state index contributed by atoms with van der Waals surface area (Å²) in [5, 5.41) is 6.87. The van der Waals surface area contributed by atoms with Crippen LogP contribution in [0.5, 0.6) is 0 Å². The lowest BCUT2D eigenvalue weighted by atomic mass is 10.2. The Morgan fingerprint density at radius 3 is 2.81 bits per heavy atom. The van der Waals surface area contributed by atoms with Crippen LogP contribution in [0.1, 0.15) is 18.4 Å². The fraction of sp³-hybridized carbons (Fsp3) is 0.600. The van der Waals surface area contributed by atoms with Gasteiger partial charge >= 0.3 is 0 Å². The Morgan fingerprint density at radius 1 is 1.52 bits per heavy atom. The number of nitrogens with zero attached hydrogens (tertiary/aromatic N) is 3. The summed E-state index contributed by atoms with van der Waals surface area (Å²) in [7, 11) is 0. The Kier molecular flexibility index (Phi) is 5.52. The number of rotatable bonds is 6. The average Bonchev–Trinajstić information content (AvgIpc) is 2.90. The first kappa shape index (κ1) is 15.7. The van der Waals surface area contributed by atoms with Gasteiger partial charge in [-0.2, -0.15) is 0 Å². The van der Waals surface area contributed by atoms with Crippen molar-refractivity contribution in [2.75, 3.05) is 32.7 Å². The van der Waals surface area contributed by atoms with Gasteiger partial charge in [0.2, 0.25) is 5.91 Å². The number of carbonyl (C=O) groups is 1. The normalized spacial score (nSPS) is 18.4. The molecule has 1 unspecified atom stereocenters. The van der Waals surface area contributed by atoms with E-state index in [0.717, 1.165) is 44.2 Å². The van der Waals surface area contributed by atoms with Crippen LogP contribution in [-0.4, -0.2) is 59.6 Å². The van der Waals surface area contributed by atoms with E-state index in [4.69, 9.17) is 4.52 Å². The second kappa shape index (κ2) is 7.38. The third-order valence-electron chi connectivity index (χ3n) is 3.82. The van der Waals surface area contributed by atoms with Gasteiger partial charge in [-0.1, -0.05) is 11.2 Å². The van der Waals surface area contributed by atoms with Gasteiger partial charge in [0.1, 0.15) is 5.76 Å². The zero-order chi connectivity index (χ0) is 15.2. The molecule has 1 aliphatic heterocycles. The van der Waals surface area contributed by atoms with Crippen LogP contribution in [0.25, 0.3) is 0 Å². The minimum Gasteiger partial charge on any atom is -0.361 e. The quantitative estimate of drug-likeness (QED) is 0.786. The number of amides is 1. The summed E-state index contributed by atoms with van der Waals surface area (Å²) >= 11 is 0. The lowest BCUT2D eigenvalue weighted by Crippen LogP contribution is -2.53. The molecule has 116 valence electrons. The summed E-state index contributed by atoms with van der Waals surface area (Å²) in [5.74, 6) is 0.909. The average molecular weight is 292 g/mol. The highest BCUT2D eigenvalue weighted by Crippen LogP contribution is 2.11. The predicted molar refractivity (Wildman–Crippen MR) is 80.8 cm³/mol. The Morgan fingerprint density at radius 2 is 2.24 bits per heavy atom. The molecule has 1 saturated heterocycles. The van der Waals surface area contributed by atoms with Crippen LogP contribution in [0.3, 0.4) is 0 Å². The van der Waals surface area contributed by atoms with Gasteiger partial charge in [-0.05, 0) is 13.8 Å². The Labute approximate surface area is 125 Å². The van der Waals surface area contributed by atoms with E-state index in [2.05, 4.69) is 26.9 Å². The molecule has 6 nitrogen and oxygen atoms in total. The van der Waals surface area contributed by atoms with E-state index in [1.807, 2.05) is 19.9 Å². The minimum atomic E-state index is -0.0959. The number of aryl methyl sites for hydroxylation is 1. The monoisotopic (exact) mass is 292 g/mol. The molecular weight excluding hydrogens is 268 g/mol. The molecule has 2 heterocycles. The van der Waals surface area contributed by atoms with Gasteiger partial charge in [0, 0.05) is 45.3 Å². The van der Waals surface area contributed by atoms with E-state index in [0.29, 0.717) is 6.54 Å². The molecule has 21 heavy (non-hydrogen) atoms. The summed E-state index contributed by atoms with van der Waals surface area (Å²) in [6.45, 7) is 12.4. The number of piperazine rings is 1. The largest absolute Gasteiger partial charge is 0.361 e. The van der Waals surface area contributed by atoms with E-state index in [1.165, 1.54) is 0 Å². The molecule has 1 amide bonds. The number of hydrogen-bond donors (Lipinski definition) is 1. The molecule has 1 aromatic rings. The second-order valence-electron chi connectivity index (χ2n) is 5.45. The van der Waals surface area contributed by atoms with E-state index in [1.54, 1.807) is 6.08 Å².